The lowest BCUT2D eigenvalue weighted by Crippen LogP contribution is -2.29. The summed E-state index contributed by atoms with van der Waals surface area (Å²) in [7, 11) is 0. The fourth-order valence-electron chi connectivity index (χ4n) is 3.41. The summed E-state index contributed by atoms with van der Waals surface area (Å²) in [5.41, 5.74) is 0.798. The number of nitrogens with one attached hydrogen (secondary N) is 1. The second kappa shape index (κ2) is 5.20. The van der Waals surface area contributed by atoms with Crippen molar-refractivity contribution in [1.82, 2.24) is 0 Å². The van der Waals surface area contributed by atoms with E-state index in [1.54, 1.807) is 12.1 Å². The first-order valence-corrected chi connectivity index (χ1v) is 7.77. The summed E-state index contributed by atoms with van der Waals surface area (Å²) in [4.78, 5) is 0. The molecule has 0 heterocycles. The number of allylic oxidation sites excluding steroid dienone is 2. The molecule has 1 aromatic carbocycles. The van der Waals surface area contributed by atoms with Crippen LogP contribution in [0.25, 0.3) is 0 Å². The third-order valence-electron chi connectivity index (χ3n) is 4.35. The van der Waals surface area contributed by atoms with Gasteiger partial charge in [-0.15, -0.1) is 0 Å². The predicted molar refractivity (Wildman–Crippen MR) is 83.4 cm³/mol. The zero-order chi connectivity index (χ0) is 13.6. The summed E-state index contributed by atoms with van der Waals surface area (Å²) in [6, 6.07) is 3.81. The van der Waals surface area contributed by atoms with Gasteiger partial charge in [0.25, 0.3) is 0 Å². The Bertz CT molecular complexity index is 503. The van der Waals surface area contributed by atoms with Crippen molar-refractivity contribution in [2.75, 3.05) is 5.32 Å². The molecule has 0 spiro atoms. The largest absolute Gasteiger partial charge is 0.380 e. The molecule has 2 aliphatic rings. The highest BCUT2D eigenvalue weighted by Crippen LogP contribution is 2.46. The number of fused-ring (bicyclic) bond motifs is 2. The standard InChI is InChI=1S/C15H16Cl3N/c1-8(12-5-9-2-3-10(12)4-9)19-15-13(17)6-11(16)7-14(15)18/h2-3,6-10,12,19H,4-5H2,1H3. The van der Waals surface area contributed by atoms with Gasteiger partial charge in [0.05, 0.1) is 15.7 Å². The van der Waals surface area contributed by atoms with Crippen molar-refractivity contribution in [2.45, 2.75) is 25.8 Å². The van der Waals surface area contributed by atoms with Crippen molar-refractivity contribution < 1.29 is 0 Å². The fourth-order valence-corrected chi connectivity index (χ4v) is 4.34. The van der Waals surface area contributed by atoms with Crippen LogP contribution in [0.2, 0.25) is 15.1 Å². The molecule has 2 aliphatic carbocycles. The topological polar surface area (TPSA) is 12.0 Å². The summed E-state index contributed by atoms with van der Waals surface area (Å²) in [6.07, 6.45) is 7.29. The molecule has 0 amide bonds. The van der Waals surface area contributed by atoms with Gasteiger partial charge in [0.1, 0.15) is 0 Å². The Morgan fingerprint density at radius 2 is 1.79 bits per heavy atom. The van der Waals surface area contributed by atoms with Gasteiger partial charge in [0, 0.05) is 11.1 Å². The Labute approximate surface area is 128 Å². The van der Waals surface area contributed by atoms with E-state index in [1.807, 2.05) is 0 Å². The molecule has 19 heavy (non-hydrogen) atoms. The summed E-state index contributed by atoms with van der Waals surface area (Å²) in [6.45, 7) is 2.21. The van der Waals surface area contributed by atoms with Gasteiger partial charge in [-0.25, -0.2) is 0 Å². The summed E-state index contributed by atoms with van der Waals surface area (Å²) in [5.74, 6) is 2.14. The second-order valence-corrected chi connectivity index (χ2v) is 6.87. The minimum absolute atomic E-state index is 0.358. The van der Waals surface area contributed by atoms with Crippen molar-refractivity contribution in [3.05, 3.63) is 39.4 Å². The highest BCUT2D eigenvalue weighted by Gasteiger charge is 2.38. The van der Waals surface area contributed by atoms with Gasteiger partial charge >= 0.3 is 0 Å². The number of hydrogen-bond acceptors (Lipinski definition) is 1. The molecular weight excluding hydrogens is 301 g/mol. The molecule has 1 N–H and O–H groups in total. The minimum Gasteiger partial charge on any atom is -0.380 e. The van der Waals surface area contributed by atoms with Crippen LogP contribution in [-0.2, 0) is 0 Å². The first kappa shape index (κ1) is 13.6. The van der Waals surface area contributed by atoms with E-state index in [0.717, 1.165) is 11.6 Å². The monoisotopic (exact) mass is 315 g/mol. The summed E-state index contributed by atoms with van der Waals surface area (Å²) >= 11 is 18.4. The fraction of sp³-hybridized carbons (Fsp3) is 0.467. The molecule has 1 saturated carbocycles. The van der Waals surface area contributed by atoms with Crippen molar-refractivity contribution in [2.24, 2.45) is 17.8 Å². The van der Waals surface area contributed by atoms with Crippen molar-refractivity contribution in [3.63, 3.8) is 0 Å². The lowest BCUT2D eigenvalue weighted by molar-refractivity contribution is 0.400. The number of hydrogen-bond donors (Lipinski definition) is 1. The number of anilines is 1. The molecule has 4 heteroatoms. The molecule has 4 unspecified atom stereocenters. The van der Waals surface area contributed by atoms with Crippen molar-refractivity contribution in [1.29, 1.82) is 0 Å². The molecule has 3 rings (SSSR count). The van der Waals surface area contributed by atoms with Crippen LogP contribution in [0.3, 0.4) is 0 Å². The Morgan fingerprint density at radius 3 is 2.32 bits per heavy atom. The van der Waals surface area contributed by atoms with Crippen LogP contribution in [-0.4, -0.2) is 6.04 Å². The Balaban J connectivity index is 1.77. The first-order valence-electron chi connectivity index (χ1n) is 6.64. The molecule has 0 saturated heterocycles. The zero-order valence-electron chi connectivity index (χ0n) is 10.7. The lowest BCUT2D eigenvalue weighted by atomic mass is 9.87. The van der Waals surface area contributed by atoms with E-state index < -0.39 is 0 Å². The van der Waals surface area contributed by atoms with E-state index in [1.165, 1.54) is 12.8 Å². The molecule has 0 radical (unpaired) electrons. The quantitative estimate of drug-likeness (QED) is 0.709. The molecule has 0 aliphatic heterocycles. The van der Waals surface area contributed by atoms with Crippen molar-refractivity contribution >= 4 is 40.5 Å². The molecule has 1 fully saturated rings. The van der Waals surface area contributed by atoms with E-state index in [2.05, 4.69) is 24.4 Å². The predicted octanol–water partition coefficient (Wildman–Crippen LogP) is 5.66. The summed E-state index contributed by atoms with van der Waals surface area (Å²) in [5, 5.41) is 5.21. The third-order valence-corrected chi connectivity index (χ3v) is 5.17. The highest BCUT2D eigenvalue weighted by atomic mass is 35.5. The van der Waals surface area contributed by atoms with E-state index >= 15 is 0 Å². The van der Waals surface area contributed by atoms with Gasteiger partial charge < -0.3 is 5.32 Å². The zero-order valence-corrected chi connectivity index (χ0v) is 12.9. The maximum Gasteiger partial charge on any atom is 0.0722 e. The van der Waals surface area contributed by atoms with Gasteiger partial charge in [0.2, 0.25) is 0 Å². The average molecular weight is 317 g/mol. The Hall–Kier alpha value is -0.370. The highest BCUT2D eigenvalue weighted by molar-refractivity contribution is 6.41. The van der Waals surface area contributed by atoms with Gasteiger partial charge in [-0.2, -0.15) is 0 Å². The number of halogens is 3. The normalized spacial score (nSPS) is 29.8. The SMILES string of the molecule is CC(Nc1c(Cl)cc(Cl)cc1Cl)C1CC2C=CC1C2. The van der Waals surface area contributed by atoms with E-state index in [9.17, 15) is 0 Å². The first-order chi connectivity index (χ1) is 9.04. The Kier molecular flexibility index (Phi) is 3.72. The molecule has 0 aromatic heterocycles. The summed E-state index contributed by atoms with van der Waals surface area (Å²) < 4.78 is 0. The van der Waals surface area contributed by atoms with Gasteiger partial charge in [0.15, 0.2) is 0 Å². The van der Waals surface area contributed by atoms with E-state index in [0.29, 0.717) is 32.9 Å². The van der Waals surface area contributed by atoms with Crippen molar-refractivity contribution in [3.8, 4) is 0 Å². The van der Waals surface area contributed by atoms with Crippen LogP contribution >= 0.6 is 34.8 Å². The van der Waals surface area contributed by atoms with Gasteiger partial charge in [-0.1, -0.05) is 47.0 Å². The van der Waals surface area contributed by atoms with Crippen LogP contribution < -0.4 is 5.32 Å². The van der Waals surface area contributed by atoms with Gasteiger partial charge in [-0.3, -0.25) is 0 Å². The van der Waals surface area contributed by atoms with Crippen LogP contribution in [0.15, 0.2) is 24.3 Å². The number of benzene rings is 1. The molecular formula is C15H16Cl3N. The van der Waals surface area contributed by atoms with E-state index in [-0.39, 0.29) is 0 Å². The van der Waals surface area contributed by atoms with Gasteiger partial charge in [-0.05, 0) is 49.7 Å². The lowest BCUT2D eigenvalue weighted by Gasteiger charge is -2.28. The Morgan fingerprint density at radius 1 is 1.11 bits per heavy atom. The van der Waals surface area contributed by atoms with E-state index in [4.69, 9.17) is 34.8 Å². The second-order valence-electron chi connectivity index (χ2n) is 5.62. The third kappa shape index (κ3) is 2.61. The van der Waals surface area contributed by atoms with Crippen LogP contribution in [0.4, 0.5) is 5.69 Å². The maximum atomic E-state index is 6.22. The molecule has 102 valence electrons. The maximum absolute atomic E-state index is 6.22. The molecule has 1 aromatic rings. The smallest absolute Gasteiger partial charge is 0.0722 e. The van der Waals surface area contributed by atoms with Crippen LogP contribution in [0.5, 0.6) is 0 Å². The van der Waals surface area contributed by atoms with Crippen LogP contribution in [0.1, 0.15) is 19.8 Å². The molecule has 4 atom stereocenters. The molecule has 1 nitrogen and oxygen atoms in total. The minimum atomic E-state index is 0.358. The number of rotatable bonds is 3. The average Bonchev–Trinajstić information content (AvgIpc) is 2.95. The van der Waals surface area contributed by atoms with Crippen LogP contribution in [0, 0.1) is 17.8 Å². The molecule has 2 bridgehead atoms.